The molecule has 1 unspecified atom stereocenters. The van der Waals surface area contributed by atoms with Gasteiger partial charge in [-0.3, -0.25) is 0 Å². The Hall–Kier alpha value is -0.410. The van der Waals surface area contributed by atoms with Gasteiger partial charge in [0.2, 0.25) is 0 Å². The topological polar surface area (TPSA) is 26.0 Å². The molecule has 0 aromatic heterocycles. The smallest absolute Gasteiger partial charge is 0.137 e. The molecular weight excluding hydrogens is 317 g/mol. The lowest BCUT2D eigenvalue weighted by atomic mass is 10.0. The molecule has 114 valence electrons. The summed E-state index contributed by atoms with van der Waals surface area (Å²) in [6, 6.07) is 5.34. The van der Waals surface area contributed by atoms with Crippen molar-refractivity contribution in [1.82, 2.24) is 0 Å². The molecule has 0 aliphatic rings. The van der Waals surface area contributed by atoms with Gasteiger partial charge in [0.05, 0.1) is 4.47 Å². The third-order valence-electron chi connectivity index (χ3n) is 3.66. The molecule has 0 saturated carbocycles. The van der Waals surface area contributed by atoms with Crippen LogP contribution < -0.4 is 5.73 Å². The summed E-state index contributed by atoms with van der Waals surface area (Å²) in [6.07, 6.45) is 11.1. The Morgan fingerprint density at radius 1 is 1.10 bits per heavy atom. The molecule has 3 heteroatoms. The molecule has 0 amide bonds. The van der Waals surface area contributed by atoms with Crippen LogP contribution in [0.5, 0.6) is 0 Å². The van der Waals surface area contributed by atoms with E-state index in [1.807, 2.05) is 12.1 Å². The van der Waals surface area contributed by atoms with E-state index in [2.05, 4.69) is 22.9 Å². The lowest BCUT2D eigenvalue weighted by Gasteiger charge is -2.12. The van der Waals surface area contributed by atoms with Crippen LogP contribution in [-0.4, -0.2) is 6.04 Å². The molecule has 0 aliphatic carbocycles. The lowest BCUT2D eigenvalue weighted by molar-refractivity contribution is 0.527. The van der Waals surface area contributed by atoms with Gasteiger partial charge in [0.1, 0.15) is 5.82 Å². The maximum atomic E-state index is 13.1. The summed E-state index contributed by atoms with van der Waals surface area (Å²) in [5.41, 5.74) is 7.25. The Morgan fingerprint density at radius 2 is 1.75 bits per heavy atom. The summed E-state index contributed by atoms with van der Waals surface area (Å²) in [4.78, 5) is 0. The van der Waals surface area contributed by atoms with E-state index in [1.54, 1.807) is 0 Å². The van der Waals surface area contributed by atoms with E-state index in [-0.39, 0.29) is 11.9 Å². The molecule has 20 heavy (non-hydrogen) atoms. The van der Waals surface area contributed by atoms with Gasteiger partial charge in [-0.15, -0.1) is 0 Å². The first-order valence-corrected chi connectivity index (χ1v) is 8.62. The van der Waals surface area contributed by atoms with Crippen LogP contribution in [0.4, 0.5) is 4.39 Å². The number of unbranched alkanes of at least 4 members (excludes halogenated alkanes) is 6. The van der Waals surface area contributed by atoms with Gasteiger partial charge >= 0.3 is 0 Å². The van der Waals surface area contributed by atoms with E-state index >= 15 is 0 Å². The third-order valence-corrected chi connectivity index (χ3v) is 4.27. The van der Waals surface area contributed by atoms with E-state index in [4.69, 9.17) is 5.73 Å². The van der Waals surface area contributed by atoms with Crippen LogP contribution in [0.1, 0.15) is 63.9 Å². The van der Waals surface area contributed by atoms with E-state index < -0.39 is 0 Å². The van der Waals surface area contributed by atoms with Gasteiger partial charge < -0.3 is 5.73 Å². The second kappa shape index (κ2) is 10.3. The minimum Gasteiger partial charge on any atom is -0.327 e. The fourth-order valence-corrected chi connectivity index (χ4v) is 2.86. The van der Waals surface area contributed by atoms with Gasteiger partial charge in [-0.25, -0.2) is 4.39 Å². The summed E-state index contributed by atoms with van der Waals surface area (Å²) in [5, 5.41) is 0. The summed E-state index contributed by atoms with van der Waals surface area (Å²) in [6.45, 7) is 2.24. The van der Waals surface area contributed by atoms with Crippen LogP contribution in [0.3, 0.4) is 0 Å². The fourth-order valence-electron chi connectivity index (χ4n) is 2.44. The molecule has 2 N–H and O–H groups in total. The first-order chi connectivity index (χ1) is 9.63. The highest BCUT2D eigenvalue weighted by atomic mass is 79.9. The Bertz CT molecular complexity index is 381. The molecule has 0 spiro atoms. The zero-order valence-electron chi connectivity index (χ0n) is 12.5. The quantitative estimate of drug-likeness (QED) is 0.550. The summed E-state index contributed by atoms with van der Waals surface area (Å²) in [7, 11) is 0. The predicted octanol–water partition coefficient (Wildman–Crippen LogP) is 5.60. The van der Waals surface area contributed by atoms with Crippen molar-refractivity contribution in [3.63, 3.8) is 0 Å². The molecular formula is C17H27BrFN. The van der Waals surface area contributed by atoms with Crippen molar-refractivity contribution in [3.8, 4) is 0 Å². The van der Waals surface area contributed by atoms with Gasteiger partial charge in [0, 0.05) is 6.04 Å². The first-order valence-electron chi connectivity index (χ1n) is 7.83. The van der Waals surface area contributed by atoms with Crippen molar-refractivity contribution >= 4 is 15.9 Å². The van der Waals surface area contributed by atoms with E-state index in [9.17, 15) is 4.39 Å². The molecule has 1 rings (SSSR count). The molecule has 0 saturated heterocycles. The highest BCUT2D eigenvalue weighted by molar-refractivity contribution is 9.10. The van der Waals surface area contributed by atoms with Gasteiger partial charge in [0.25, 0.3) is 0 Å². The first kappa shape index (κ1) is 17.6. The summed E-state index contributed by atoms with van der Waals surface area (Å²) >= 11 is 3.21. The zero-order chi connectivity index (χ0) is 14.8. The maximum Gasteiger partial charge on any atom is 0.137 e. The standard InChI is InChI=1S/C17H27BrFN/c1-2-3-4-5-6-7-8-9-15(20)12-14-10-11-17(19)16(18)13-14/h10-11,13,15H,2-9,12,20H2,1H3. The third kappa shape index (κ3) is 7.39. The summed E-state index contributed by atoms with van der Waals surface area (Å²) < 4.78 is 13.7. The molecule has 1 aromatic rings. The number of nitrogens with two attached hydrogens (primary N) is 1. The molecule has 0 bridgehead atoms. The van der Waals surface area contributed by atoms with Crippen LogP contribution in [0, 0.1) is 5.82 Å². The Kier molecular flexibility index (Phi) is 9.12. The van der Waals surface area contributed by atoms with E-state index in [1.165, 1.54) is 51.0 Å². The van der Waals surface area contributed by atoms with Crippen LogP contribution >= 0.6 is 15.9 Å². The number of halogens is 2. The van der Waals surface area contributed by atoms with Crippen molar-refractivity contribution in [2.24, 2.45) is 5.73 Å². The Balaban J connectivity index is 2.13. The highest BCUT2D eigenvalue weighted by Crippen LogP contribution is 2.18. The van der Waals surface area contributed by atoms with E-state index in [0.717, 1.165) is 18.4 Å². The van der Waals surface area contributed by atoms with Crippen molar-refractivity contribution in [2.45, 2.75) is 70.8 Å². The van der Waals surface area contributed by atoms with Crippen molar-refractivity contribution in [2.75, 3.05) is 0 Å². The number of rotatable bonds is 10. The van der Waals surface area contributed by atoms with Crippen LogP contribution in [0.25, 0.3) is 0 Å². The molecule has 0 heterocycles. The van der Waals surface area contributed by atoms with Crippen molar-refractivity contribution in [1.29, 1.82) is 0 Å². The van der Waals surface area contributed by atoms with Crippen molar-refractivity contribution in [3.05, 3.63) is 34.1 Å². The molecule has 0 fully saturated rings. The molecule has 1 aromatic carbocycles. The lowest BCUT2D eigenvalue weighted by Crippen LogP contribution is -2.22. The van der Waals surface area contributed by atoms with E-state index in [0.29, 0.717) is 4.47 Å². The van der Waals surface area contributed by atoms with Crippen LogP contribution in [0.2, 0.25) is 0 Å². The maximum absolute atomic E-state index is 13.1. The normalized spacial score (nSPS) is 12.6. The second-order valence-electron chi connectivity index (χ2n) is 5.62. The number of hydrogen-bond donors (Lipinski definition) is 1. The summed E-state index contributed by atoms with van der Waals surface area (Å²) in [5.74, 6) is -0.214. The molecule has 0 aliphatic heterocycles. The Labute approximate surface area is 131 Å². The monoisotopic (exact) mass is 343 g/mol. The number of benzene rings is 1. The average molecular weight is 344 g/mol. The SMILES string of the molecule is CCCCCCCCCC(N)Cc1ccc(F)c(Br)c1. The molecule has 0 radical (unpaired) electrons. The minimum atomic E-state index is -0.214. The van der Waals surface area contributed by atoms with Gasteiger partial charge in [-0.05, 0) is 46.5 Å². The fraction of sp³-hybridized carbons (Fsp3) is 0.647. The zero-order valence-corrected chi connectivity index (χ0v) is 14.1. The van der Waals surface area contributed by atoms with Crippen LogP contribution in [-0.2, 0) is 6.42 Å². The number of hydrogen-bond acceptors (Lipinski definition) is 1. The average Bonchev–Trinajstić information content (AvgIpc) is 2.42. The molecule has 1 nitrogen and oxygen atoms in total. The molecule has 1 atom stereocenters. The Morgan fingerprint density at radius 3 is 2.40 bits per heavy atom. The van der Waals surface area contributed by atoms with Crippen LogP contribution in [0.15, 0.2) is 22.7 Å². The van der Waals surface area contributed by atoms with Gasteiger partial charge in [0.15, 0.2) is 0 Å². The minimum absolute atomic E-state index is 0.183. The largest absolute Gasteiger partial charge is 0.327 e. The van der Waals surface area contributed by atoms with Gasteiger partial charge in [-0.2, -0.15) is 0 Å². The second-order valence-corrected chi connectivity index (χ2v) is 6.48. The van der Waals surface area contributed by atoms with Gasteiger partial charge in [-0.1, -0.05) is 57.9 Å². The predicted molar refractivity (Wildman–Crippen MR) is 88.4 cm³/mol. The highest BCUT2D eigenvalue weighted by Gasteiger charge is 2.06. The van der Waals surface area contributed by atoms with Crippen molar-refractivity contribution < 1.29 is 4.39 Å².